The van der Waals surface area contributed by atoms with Crippen LogP contribution < -0.4 is 16.6 Å². The van der Waals surface area contributed by atoms with Gasteiger partial charge in [0.15, 0.2) is 0 Å². The van der Waals surface area contributed by atoms with Gasteiger partial charge in [-0.05, 0) is 18.4 Å². The van der Waals surface area contributed by atoms with Gasteiger partial charge >= 0.3 is 0 Å². The van der Waals surface area contributed by atoms with Crippen LogP contribution >= 0.6 is 11.8 Å². The van der Waals surface area contributed by atoms with Crippen molar-refractivity contribution < 1.29 is 9.72 Å². The highest BCUT2D eigenvalue weighted by atomic mass is 32.2. The van der Waals surface area contributed by atoms with Crippen LogP contribution in [0, 0.1) is 10.1 Å². The minimum atomic E-state index is -0.563. The van der Waals surface area contributed by atoms with Crippen molar-refractivity contribution in [1.82, 2.24) is 5.32 Å². The van der Waals surface area contributed by atoms with Crippen LogP contribution in [0.25, 0.3) is 0 Å². The van der Waals surface area contributed by atoms with Gasteiger partial charge in [-0.1, -0.05) is 6.92 Å². The van der Waals surface area contributed by atoms with E-state index in [9.17, 15) is 14.9 Å². The SMILES string of the molecule is CSC(C)CNC(=O)c1ccc([N+](=O)[O-])c(NN)c1. The van der Waals surface area contributed by atoms with Gasteiger partial charge in [-0.3, -0.25) is 20.8 Å². The van der Waals surface area contributed by atoms with Crippen molar-refractivity contribution in [2.45, 2.75) is 12.2 Å². The topological polar surface area (TPSA) is 110 Å². The molecule has 0 aliphatic rings. The van der Waals surface area contributed by atoms with Crippen molar-refractivity contribution in [1.29, 1.82) is 0 Å². The standard InChI is InChI=1S/C11H16N4O3S/c1-7(19-2)6-13-11(16)8-3-4-10(15(17)18)9(5-8)14-12/h3-5,7,14H,6,12H2,1-2H3,(H,13,16). The Hall–Kier alpha value is -1.80. The number of amides is 1. The van der Waals surface area contributed by atoms with E-state index in [0.29, 0.717) is 17.4 Å². The second-order valence-electron chi connectivity index (χ2n) is 3.89. The lowest BCUT2D eigenvalue weighted by Crippen LogP contribution is -2.29. The molecule has 1 aromatic rings. The molecule has 1 aromatic carbocycles. The van der Waals surface area contributed by atoms with Crippen molar-refractivity contribution >= 4 is 29.0 Å². The maximum absolute atomic E-state index is 11.9. The lowest BCUT2D eigenvalue weighted by Gasteiger charge is -2.10. The molecule has 1 atom stereocenters. The minimum Gasteiger partial charge on any atom is -0.351 e. The van der Waals surface area contributed by atoms with Crippen LogP contribution in [0.15, 0.2) is 18.2 Å². The van der Waals surface area contributed by atoms with E-state index >= 15 is 0 Å². The van der Waals surface area contributed by atoms with E-state index in [4.69, 9.17) is 5.84 Å². The number of hydrazine groups is 1. The average molecular weight is 284 g/mol. The molecule has 0 aromatic heterocycles. The fourth-order valence-electron chi connectivity index (χ4n) is 1.37. The number of nitro benzene ring substituents is 1. The third-order valence-electron chi connectivity index (χ3n) is 2.56. The third kappa shape index (κ3) is 4.11. The molecule has 104 valence electrons. The molecular formula is C11H16N4O3S. The lowest BCUT2D eigenvalue weighted by molar-refractivity contribution is -0.384. The summed E-state index contributed by atoms with van der Waals surface area (Å²) in [6, 6.07) is 4.01. The van der Waals surface area contributed by atoms with E-state index in [1.54, 1.807) is 11.8 Å². The number of nitrogens with zero attached hydrogens (tertiary/aromatic N) is 1. The fraction of sp³-hybridized carbons (Fsp3) is 0.364. The van der Waals surface area contributed by atoms with Crippen LogP contribution in [0.3, 0.4) is 0 Å². The Labute approximate surface area is 115 Å². The molecule has 1 rings (SSSR count). The second-order valence-corrected chi connectivity index (χ2v) is 5.17. The molecule has 0 heterocycles. The smallest absolute Gasteiger partial charge is 0.293 e. The summed E-state index contributed by atoms with van der Waals surface area (Å²) >= 11 is 1.64. The van der Waals surface area contributed by atoms with Crippen LogP contribution in [-0.2, 0) is 0 Å². The van der Waals surface area contributed by atoms with E-state index in [1.165, 1.54) is 18.2 Å². The van der Waals surface area contributed by atoms with Gasteiger partial charge in [-0.15, -0.1) is 0 Å². The average Bonchev–Trinajstić information content (AvgIpc) is 2.43. The van der Waals surface area contributed by atoms with E-state index in [2.05, 4.69) is 10.7 Å². The molecule has 0 aliphatic carbocycles. The van der Waals surface area contributed by atoms with Crippen LogP contribution in [0.5, 0.6) is 0 Å². The number of hydrogen-bond acceptors (Lipinski definition) is 6. The Bertz CT molecular complexity index is 481. The summed E-state index contributed by atoms with van der Waals surface area (Å²) in [6.45, 7) is 2.52. The molecule has 1 amide bonds. The number of nitrogens with one attached hydrogen (secondary N) is 2. The minimum absolute atomic E-state index is 0.107. The van der Waals surface area contributed by atoms with Gasteiger partial charge < -0.3 is 10.7 Å². The van der Waals surface area contributed by atoms with E-state index < -0.39 is 4.92 Å². The van der Waals surface area contributed by atoms with Gasteiger partial charge in [0.1, 0.15) is 5.69 Å². The number of rotatable bonds is 6. The zero-order valence-corrected chi connectivity index (χ0v) is 11.5. The predicted molar refractivity (Wildman–Crippen MR) is 76.2 cm³/mol. The predicted octanol–water partition coefficient (Wildman–Crippen LogP) is 1.36. The van der Waals surface area contributed by atoms with Crippen LogP contribution in [0.4, 0.5) is 11.4 Å². The molecule has 19 heavy (non-hydrogen) atoms. The number of nitrogen functional groups attached to an aromatic ring is 1. The van der Waals surface area contributed by atoms with Gasteiger partial charge in [0, 0.05) is 23.4 Å². The highest BCUT2D eigenvalue weighted by Crippen LogP contribution is 2.24. The Morgan fingerprint density at radius 2 is 2.26 bits per heavy atom. The molecule has 0 fully saturated rings. The number of nitro groups is 1. The van der Waals surface area contributed by atoms with Gasteiger partial charge in [-0.2, -0.15) is 11.8 Å². The first kappa shape index (κ1) is 15.3. The van der Waals surface area contributed by atoms with Crippen molar-refractivity contribution in [3.05, 3.63) is 33.9 Å². The molecule has 1 unspecified atom stereocenters. The van der Waals surface area contributed by atoms with Crippen molar-refractivity contribution in [2.24, 2.45) is 5.84 Å². The Balaban J connectivity index is 2.84. The molecule has 7 nitrogen and oxygen atoms in total. The summed E-state index contributed by atoms with van der Waals surface area (Å²) in [5.74, 6) is 4.93. The van der Waals surface area contributed by atoms with E-state index in [-0.39, 0.29) is 17.3 Å². The zero-order valence-electron chi connectivity index (χ0n) is 10.7. The normalized spacial score (nSPS) is 11.7. The third-order valence-corrected chi connectivity index (χ3v) is 3.53. The molecule has 0 saturated heterocycles. The van der Waals surface area contributed by atoms with Crippen molar-refractivity contribution in [3.8, 4) is 0 Å². The molecule has 8 heteroatoms. The van der Waals surface area contributed by atoms with E-state index in [1.807, 2.05) is 13.2 Å². The molecule has 0 bridgehead atoms. The largest absolute Gasteiger partial charge is 0.351 e. The van der Waals surface area contributed by atoms with Crippen LogP contribution in [0.1, 0.15) is 17.3 Å². The highest BCUT2D eigenvalue weighted by molar-refractivity contribution is 7.99. The Morgan fingerprint density at radius 1 is 1.58 bits per heavy atom. The summed E-state index contributed by atoms with van der Waals surface area (Å²) in [7, 11) is 0. The number of carbonyl (C=O) groups is 1. The molecule has 0 aliphatic heterocycles. The number of hydrogen-bond donors (Lipinski definition) is 3. The summed E-state index contributed by atoms with van der Waals surface area (Å²) in [4.78, 5) is 22.0. The lowest BCUT2D eigenvalue weighted by atomic mass is 10.1. The van der Waals surface area contributed by atoms with Gasteiger partial charge in [0.05, 0.1) is 4.92 Å². The number of benzene rings is 1. The first-order chi connectivity index (χ1) is 8.99. The molecule has 0 spiro atoms. The quantitative estimate of drug-likeness (QED) is 0.413. The van der Waals surface area contributed by atoms with Crippen molar-refractivity contribution in [3.63, 3.8) is 0 Å². The summed E-state index contributed by atoms with van der Waals surface area (Å²) in [5.41, 5.74) is 2.49. The van der Waals surface area contributed by atoms with Gasteiger partial charge in [0.2, 0.25) is 0 Å². The summed E-state index contributed by atoms with van der Waals surface area (Å²) in [5, 5.41) is 13.8. The van der Waals surface area contributed by atoms with Gasteiger partial charge in [-0.25, -0.2) is 0 Å². The first-order valence-corrected chi connectivity index (χ1v) is 6.84. The van der Waals surface area contributed by atoms with Crippen molar-refractivity contribution in [2.75, 3.05) is 18.2 Å². The number of thioether (sulfide) groups is 1. The molecule has 0 radical (unpaired) electrons. The highest BCUT2D eigenvalue weighted by Gasteiger charge is 2.16. The fourth-order valence-corrected chi connectivity index (χ4v) is 1.62. The zero-order chi connectivity index (χ0) is 14.4. The Morgan fingerprint density at radius 3 is 2.79 bits per heavy atom. The maximum Gasteiger partial charge on any atom is 0.293 e. The molecular weight excluding hydrogens is 268 g/mol. The maximum atomic E-state index is 11.9. The Kier molecular flexibility index (Phi) is 5.58. The number of nitrogens with two attached hydrogens (primary N) is 1. The number of carbonyl (C=O) groups excluding carboxylic acids is 1. The summed E-state index contributed by atoms with van der Waals surface area (Å²) < 4.78 is 0. The molecule has 0 saturated carbocycles. The summed E-state index contributed by atoms with van der Waals surface area (Å²) in [6.07, 6.45) is 1.96. The van der Waals surface area contributed by atoms with Crippen LogP contribution in [0.2, 0.25) is 0 Å². The monoisotopic (exact) mass is 284 g/mol. The number of anilines is 1. The second kappa shape index (κ2) is 6.95. The first-order valence-electron chi connectivity index (χ1n) is 5.55. The van der Waals surface area contributed by atoms with E-state index in [0.717, 1.165) is 0 Å². The van der Waals surface area contributed by atoms with Crippen LogP contribution in [-0.4, -0.2) is 28.9 Å². The van der Waals surface area contributed by atoms with Gasteiger partial charge in [0.25, 0.3) is 11.6 Å². The molecule has 4 N–H and O–H groups in total.